The van der Waals surface area contributed by atoms with Crippen LogP contribution in [0, 0.1) is 0 Å². The molecule has 0 saturated heterocycles. The molecule has 0 bridgehead atoms. The normalized spacial score (nSPS) is 15.5. The second-order valence-corrected chi connectivity index (χ2v) is 4.12. The van der Waals surface area contributed by atoms with Crippen LogP contribution in [0.4, 0.5) is 0 Å². The molecule has 0 aliphatic rings. The first-order chi connectivity index (χ1) is 8.27. The van der Waals surface area contributed by atoms with E-state index >= 15 is 0 Å². The van der Waals surface area contributed by atoms with Crippen molar-refractivity contribution in [3.05, 3.63) is 11.6 Å². The van der Waals surface area contributed by atoms with Gasteiger partial charge in [-0.15, -0.1) is 0 Å². The quantitative estimate of drug-likeness (QED) is 0.352. The van der Waals surface area contributed by atoms with Gasteiger partial charge in [0, 0.05) is 14.1 Å². The Balaban J connectivity index is 4.68. The van der Waals surface area contributed by atoms with E-state index in [2.05, 4.69) is 9.98 Å². The zero-order valence-corrected chi connectivity index (χ0v) is 11.3. The summed E-state index contributed by atoms with van der Waals surface area (Å²) in [4.78, 5) is 20.5. The molecule has 0 aromatic heterocycles. The zero-order chi connectivity index (χ0) is 14.3. The second kappa shape index (κ2) is 7.44. The lowest BCUT2D eigenvalue weighted by atomic mass is 10.1. The highest BCUT2D eigenvalue weighted by Crippen LogP contribution is 2.03. The maximum absolute atomic E-state index is 11.6. The fourth-order valence-electron chi connectivity index (χ4n) is 0.990. The Labute approximate surface area is 107 Å². The molecule has 6 N–H and O–H groups in total. The van der Waals surface area contributed by atoms with Gasteiger partial charge in [-0.3, -0.25) is 4.79 Å². The van der Waals surface area contributed by atoms with Gasteiger partial charge in [0.25, 0.3) is 5.91 Å². The summed E-state index contributed by atoms with van der Waals surface area (Å²) in [5.41, 5.74) is 17.7. The van der Waals surface area contributed by atoms with Crippen molar-refractivity contribution in [2.45, 2.75) is 26.3 Å². The highest BCUT2D eigenvalue weighted by atomic mass is 16.1. The number of rotatable bonds is 3. The van der Waals surface area contributed by atoms with E-state index in [0.717, 1.165) is 5.57 Å². The third-order valence-corrected chi connectivity index (χ3v) is 2.26. The minimum absolute atomic E-state index is 0.169. The minimum Gasteiger partial charge on any atom is -0.369 e. The lowest BCUT2D eigenvalue weighted by Crippen LogP contribution is -2.34. The van der Waals surface area contributed by atoms with Gasteiger partial charge in [-0.1, -0.05) is 11.6 Å². The van der Waals surface area contributed by atoms with E-state index in [4.69, 9.17) is 17.2 Å². The molecule has 0 saturated carbocycles. The molecule has 102 valence electrons. The van der Waals surface area contributed by atoms with E-state index < -0.39 is 11.9 Å². The summed E-state index contributed by atoms with van der Waals surface area (Å²) in [7, 11) is 3.41. The molecule has 0 aliphatic carbocycles. The Bertz CT molecular complexity index is 383. The zero-order valence-electron chi connectivity index (χ0n) is 11.3. The van der Waals surface area contributed by atoms with Gasteiger partial charge < -0.3 is 22.1 Å². The number of carbonyl (C=O) groups is 1. The Morgan fingerprint density at radius 3 is 2.33 bits per heavy atom. The molecule has 0 aliphatic heterocycles. The van der Waals surface area contributed by atoms with Crippen molar-refractivity contribution in [1.82, 2.24) is 4.90 Å². The average molecular weight is 254 g/mol. The van der Waals surface area contributed by atoms with Crippen LogP contribution in [0.15, 0.2) is 21.6 Å². The second-order valence-electron chi connectivity index (χ2n) is 4.12. The van der Waals surface area contributed by atoms with Crippen molar-refractivity contribution >= 4 is 17.8 Å². The maximum atomic E-state index is 11.6. The Kier molecular flexibility index (Phi) is 6.66. The summed E-state index contributed by atoms with van der Waals surface area (Å²) in [6, 6.07) is -0.712. The number of aliphatic imine (C=N–C) groups is 2. The number of hydrogen-bond acceptors (Lipinski definition) is 2. The van der Waals surface area contributed by atoms with Crippen molar-refractivity contribution in [3.8, 4) is 0 Å². The molecule has 0 spiro atoms. The summed E-state index contributed by atoms with van der Waals surface area (Å²) in [6.07, 6.45) is 2.33. The predicted molar refractivity (Wildman–Crippen MR) is 74.0 cm³/mol. The van der Waals surface area contributed by atoms with Crippen LogP contribution in [0.2, 0.25) is 0 Å². The van der Waals surface area contributed by atoms with Gasteiger partial charge in [-0.05, 0) is 20.3 Å². The van der Waals surface area contributed by atoms with Crippen LogP contribution < -0.4 is 17.2 Å². The third kappa shape index (κ3) is 6.00. The van der Waals surface area contributed by atoms with Crippen molar-refractivity contribution in [3.63, 3.8) is 0 Å². The first kappa shape index (κ1) is 16.1. The Morgan fingerprint density at radius 2 is 1.89 bits per heavy atom. The molecule has 0 aromatic carbocycles. The van der Waals surface area contributed by atoms with Crippen LogP contribution >= 0.6 is 0 Å². The number of hydrogen-bond donors (Lipinski definition) is 3. The smallest absolute Gasteiger partial charge is 0.266 e. The first-order valence-corrected chi connectivity index (χ1v) is 5.54. The minimum atomic E-state index is -0.712. The predicted octanol–water partition coefficient (Wildman–Crippen LogP) is -0.612. The van der Waals surface area contributed by atoms with E-state index in [1.165, 1.54) is 0 Å². The SMILES string of the molecule is CC=C(C)CC(N)C(=O)N=C(N)N=C(N)N(C)C. The number of amides is 1. The average Bonchev–Trinajstić information content (AvgIpc) is 2.27. The fourth-order valence-corrected chi connectivity index (χ4v) is 0.990. The highest BCUT2D eigenvalue weighted by Gasteiger charge is 2.13. The van der Waals surface area contributed by atoms with Gasteiger partial charge in [0.15, 0.2) is 5.96 Å². The van der Waals surface area contributed by atoms with E-state index in [-0.39, 0.29) is 11.9 Å². The van der Waals surface area contributed by atoms with Gasteiger partial charge in [0.05, 0.1) is 6.04 Å². The van der Waals surface area contributed by atoms with Crippen molar-refractivity contribution < 1.29 is 4.79 Å². The lowest BCUT2D eigenvalue weighted by Gasteiger charge is -2.10. The van der Waals surface area contributed by atoms with Crippen LogP contribution in [-0.2, 0) is 4.79 Å². The molecule has 1 unspecified atom stereocenters. The monoisotopic (exact) mass is 254 g/mol. The molecule has 7 nitrogen and oxygen atoms in total. The third-order valence-electron chi connectivity index (χ3n) is 2.26. The van der Waals surface area contributed by atoms with Gasteiger partial charge in [-0.2, -0.15) is 9.98 Å². The van der Waals surface area contributed by atoms with Gasteiger partial charge in [-0.25, -0.2) is 0 Å². The molecular formula is C11H22N6O. The number of allylic oxidation sites excluding steroid dienone is 1. The van der Waals surface area contributed by atoms with Gasteiger partial charge in [0.2, 0.25) is 5.96 Å². The Morgan fingerprint density at radius 1 is 1.33 bits per heavy atom. The van der Waals surface area contributed by atoms with Crippen LogP contribution in [0.25, 0.3) is 0 Å². The molecule has 18 heavy (non-hydrogen) atoms. The standard InChI is InChI=1S/C11H22N6O/c1-5-7(2)6-8(12)9(18)15-10(13)16-11(14)17(3)4/h5,8H,6,12H2,1-4H3,(H4,13,14,15,16,18). The summed E-state index contributed by atoms with van der Waals surface area (Å²) in [5, 5.41) is 0. The topological polar surface area (TPSA) is 123 Å². The maximum Gasteiger partial charge on any atom is 0.266 e. The summed E-state index contributed by atoms with van der Waals surface area (Å²) in [6.45, 7) is 3.77. The number of nitrogens with two attached hydrogens (primary N) is 3. The molecule has 0 aromatic rings. The van der Waals surface area contributed by atoms with Crippen molar-refractivity contribution in [2.24, 2.45) is 27.2 Å². The fraction of sp³-hybridized carbons (Fsp3) is 0.545. The molecule has 0 rings (SSSR count). The van der Waals surface area contributed by atoms with Crippen LogP contribution in [0.3, 0.4) is 0 Å². The summed E-state index contributed by atoms with van der Waals surface area (Å²) in [5.74, 6) is -0.536. The highest BCUT2D eigenvalue weighted by molar-refractivity contribution is 6.00. The van der Waals surface area contributed by atoms with Crippen molar-refractivity contribution in [1.29, 1.82) is 0 Å². The summed E-state index contributed by atoms with van der Waals surface area (Å²) < 4.78 is 0. The molecule has 1 atom stereocenters. The van der Waals surface area contributed by atoms with Gasteiger partial charge in [0.1, 0.15) is 0 Å². The summed E-state index contributed by atoms with van der Waals surface area (Å²) >= 11 is 0. The van der Waals surface area contributed by atoms with Crippen LogP contribution in [-0.4, -0.2) is 42.9 Å². The largest absolute Gasteiger partial charge is 0.369 e. The molecule has 0 heterocycles. The van der Waals surface area contributed by atoms with Crippen LogP contribution in [0.1, 0.15) is 20.3 Å². The Hall–Kier alpha value is -1.89. The van der Waals surface area contributed by atoms with E-state index in [1.54, 1.807) is 19.0 Å². The molecular weight excluding hydrogens is 232 g/mol. The molecule has 7 heteroatoms. The molecule has 0 fully saturated rings. The van der Waals surface area contributed by atoms with E-state index in [9.17, 15) is 4.79 Å². The first-order valence-electron chi connectivity index (χ1n) is 5.54. The van der Waals surface area contributed by atoms with Gasteiger partial charge >= 0.3 is 0 Å². The molecule has 1 amide bonds. The molecule has 0 radical (unpaired) electrons. The number of carbonyl (C=O) groups excluding carboxylic acids is 1. The van der Waals surface area contributed by atoms with Crippen molar-refractivity contribution in [2.75, 3.05) is 14.1 Å². The number of guanidine groups is 2. The van der Waals surface area contributed by atoms with Crippen LogP contribution in [0.5, 0.6) is 0 Å². The van der Waals surface area contributed by atoms with E-state index in [0.29, 0.717) is 6.42 Å². The lowest BCUT2D eigenvalue weighted by molar-refractivity contribution is -0.118. The van der Waals surface area contributed by atoms with E-state index in [1.807, 2.05) is 19.9 Å². The number of nitrogens with zero attached hydrogens (tertiary/aromatic N) is 3.